The third-order valence-electron chi connectivity index (χ3n) is 29.7. The first-order chi connectivity index (χ1) is 43.5. The lowest BCUT2D eigenvalue weighted by molar-refractivity contribution is 0.00575. The van der Waals surface area contributed by atoms with E-state index in [0.29, 0.717) is 54.1 Å². The van der Waals surface area contributed by atoms with Gasteiger partial charge in [-0.15, -0.1) is 0 Å². The molecule has 0 aliphatic heterocycles. The van der Waals surface area contributed by atoms with Gasteiger partial charge in [-0.05, 0) is 187 Å². The van der Waals surface area contributed by atoms with Gasteiger partial charge < -0.3 is 0 Å². The minimum Gasteiger partial charge on any atom is -0.0651 e. The van der Waals surface area contributed by atoms with Crippen molar-refractivity contribution in [3.63, 3.8) is 0 Å². The van der Waals surface area contributed by atoms with Crippen LogP contribution in [0, 0.1) is 149 Å². The Labute approximate surface area is 623 Å². The second-order valence-corrected chi connectivity index (χ2v) is 45.5. The van der Waals surface area contributed by atoms with Gasteiger partial charge in [0.2, 0.25) is 0 Å². The fourth-order valence-corrected chi connectivity index (χ4v) is 15.3. The van der Waals surface area contributed by atoms with Crippen molar-refractivity contribution in [1.29, 1.82) is 0 Å². The van der Waals surface area contributed by atoms with Gasteiger partial charge in [-0.2, -0.15) is 0 Å². The van der Waals surface area contributed by atoms with Crippen LogP contribution in [0.1, 0.15) is 478 Å². The Bertz CT molecular complexity index is 1730. The zero-order valence-electron chi connectivity index (χ0n) is 77.3. The predicted molar refractivity (Wildman–Crippen MR) is 454 cm³/mol. The van der Waals surface area contributed by atoms with Gasteiger partial charge in [0, 0.05) is 0 Å². The molecular formula is C97H202. The standard InChI is InChI=1S/C11H24.2C10H22.2C9H20.C8H14.5C8H16/c1-9(2,3)11(7,8)10(4,5)6;1-8(9(2,3)4)10(5,6)7;1-8(2)10(6,7)9(3,4)5;1-7(2)8(3)9(4,5)6;1-7(2)9(5,6)8(3)4;1-6-4-7-2-3-8(6)5-7;1-7-3-5-8(2)6-4-7;1-7-4-3-5-8(2)6-7;1-8(2)6-4-3-5-7-8;1-7-5-3-4-6-8(7)2;1-2-8-6-4-3-5-7-8/h1-8H3;2*8H,1-7H3;2*7-8H,1-6H3;6-8H,2-5H2,1H3;2*7-8H,3-6H2,1-2H3;3-7H2,1-2H3;7-8H,3-6H2,1-2H3;8H,2-7H2,1H3/t;;;8-;;6-,7?,8?;;7-,8?;;7-,8?;/m...1.0.1.1./s1. The van der Waals surface area contributed by atoms with Gasteiger partial charge in [0.1, 0.15) is 0 Å². The molecule has 7 saturated carbocycles. The third-order valence-corrected chi connectivity index (χ3v) is 29.7. The first kappa shape index (κ1) is 103. The van der Waals surface area contributed by atoms with Crippen molar-refractivity contribution in [2.75, 3.05) is 0 Å². The molecular weight excluding hydrogens is 1170 g/mol. The summed E-state index contributed by atoms with van der Waals surface area (Å²) >= 11 is 0. The minimum absolute atomic E-state index is 0.375. The average Bonchev–Trinajstić information content (AvgIpc) is 1.58. The van der Waals surface area contributed by atoms with Crippen LogP contribution < -0.4 is 0 Å². The molecule has 590 valence electrons. The second kappa shape index (κ2) is 47.5. The van der Waals surface area contributed by atoms with E-state index in [1.165, 1.54) is 148 Å². The van der Waals surface area contributed by atoms with Crippen molar-refractivity contribution < 1.29 is 0 Å². The summed E-state index contributed by atoms with van der Waals surface area (Å²) in [5.41, 5.74) is 4.54. The fourth-order valence-electron chi connectivity index (χ4n) is 15.3. The highest BCUT2D eigenvalue weighted by molar-refractivity contribution is 4.92. The predicted octanol–water partition coefficient (Wildman–Crippen LogP) is 35.1. The van der Waals surface area contributed by atoms with Crippen LogP contribution in [0.4, 0.5) is 0 Å². The summed E-state index contributed by atoms with van der Waals surface area (Å²) < 4.78 is 0. The topological polar surface area (TPSA) is 0 Å². The lowest BCUT2D eigenvalue weighted by atomic mass is 9.56. The molecule has 0 heterocycles. The van der Waals surface area contributed by atoms with Crippen molar-refractivity contribution >= 4 is 0 Å². The zero-order valence-corrected chi connectivity index (χ0v) is 77.3. The molecule has 7 aliphatic rings. The van der Waals surface area contributed by atoms with Gasteiger partial charge >= 0.3 is 0 Å². The van der Waals surface area contributed by atoms with Crippen molar-refractivity contribution in [2.45, 2.75) is 478 Å². The Hall–Kier alpha value is 0. The molecule has 0 N–H and O–H groups in total. The molecule has 0 aromatic heterocycles. The molecule has 0 amide bonds. The van der Waals surface area contributed by atoms with Crippen LogP contribution in [0.5, 0.6) is 0 Å². The first-order valence-electron chi connectivity index (χ1n) is 43.5. The molecule has 4 unspecified atom stereocenters. The number of hydrogen-bond donors (Lipinski definition) is 0. The van der Waals surface area contributed by atoms with Crippen LogP contribution in [0.15, 0.2) is 0 Å². The molecule has 7 rings (SSSR count). The van der Waals surface area contributed by atoms with Crippen molar-refractivity contribution in [2.24, 2.45) is 149 Å². The zero-order chi connectivity index (χ0) is 77.3. The summed E-state index contributed by atoms with van der Waals surface area (Å²) in [6.07, 6.45) is 40.2. The smallest absolute Gasteiger partial charge is 0.0257 e. The van der Waals surface area contributed by atoms with Crippen LogP contribution in [0.3, 0.4) is 0 Å². The molecule has 97 heavy (non-hydrogen) atoms. The van der Waals surface area contributed by atoms with Crippen LogP contribution in [-0.4, -0.2) is 0 Å². The van der Waals surface area contributed by atoms with E-state index in [9.17, 15) is 0 Å². The van der Waals surface area contributed by atoms with Crippen molar-refractivity contribution in [3.8, 4) is 0 Å². The number of rotatable bonds is 5. The Kier molecular flexibility index (Phi) is 50.7. The fraction of sp³-hybridized carbons (Fsp3) is 1.00. The Morgan fingerprint density at radius 1 is 0.330 bits per heavy atom. The number of hydrogen-bond acceptors (Lipinski definition) is 0. The quantitative estimate of drug-likeness (QED) is 0.257. The van der Waals surface area contributed by atoms with E-state index in [1.807, 2.05) is 0 Å². The third kappa shape index (κ3) is 46.5. The van der Waals surface area contributed by atoms with Gasteiger partial charge in [0.25, 0.3) is 0 Å². The Morgan fingerprint density at radius 3 is 0.825 bits per heavy atom. The van der Waals surface area contributed by atoms with Gasteiger partial charge in [0.05, 0.1) is 0 Å². The maximum atomic E-state index is 2.42. The molecule has 0 aromatic carbocycles. The van der Waals surface area contributed by atoms with Crippen LogP contribution in [0.2, 0.25) is 0 Å². The maximum absolute atomic E-state index is 2.42. The van der Waals surface area contributed by atoms with E-state index in [0.717, 1.165) is 94.7 Å². The normalized spacial score (nSPS) is 25.9. The first-order valence-corrected chi connectivity index (χ1v) is 43.5. The highest BCUT2D eigenvalue weighted by Crippen LogP contribution is 2.51. The summed E-state index contributed by atoms with van der Waals surface area (Å²) in [4.78, 5) is 0. The molecule has 0 spiro atoms. The van der Waals surface area contributed by atoms with Gasteiger partial charge in [-0.1, -0.05) is 439 Å². The molecule has 2 bridgehead atoms. The van der Waals surface area contributed by atoms with Gasteiger partial charge in [-0.25, -0.2) is 0 Å². The molecule has 0 saturated heterocycles. The van der Waals surface area contributed by atoms with E-state index in [2.05, 4.69) is 305 Å². The van der Waals surface area contributed by atoms with E-state index in [4.69, 9.17) is 0 Å². The molecule has 0 heteroatoms. The molecule has 0 radical (unpaired) electrons. The SMILES string of the molecule is CC(C(C)(C)C)C(C)(C)C.CC(C)(C)C(C)(C)C(C)(C)C.CC(C)C(C)(C)C(C)(C)C.CC(C)C(C)(C)C(C)C.CC(C)[C@@H](C)C(C)(C)C.CC1(C)CCCCC1.CC1CCC(C)CC1.CC1CCCC[C@H]1C.CC1CCC[C@@H](C)C1.CCC1CCCCC1.C[C@H]1CC2CCC1C2. The van der Waals surface area contributed by atoms with Crippen LogP contribution in [0.25, 0.3) is 0 Å². The highest BCUT2D eigenvalue weighted by atomic mass is 14.5. The van der Waals surface area contributed by atoms with Gasteiger partial charge in [-0.3, -0.25) is 0 Å². The van der Waals surface area contributed by atoms with E-state index in [-0.39, 0.29) is 0 Å². The van der Waals surface area contributed by atoms with Gasteiger partial charge in [0.15, 0.2) is 0 Å². The average molecular weight is 1370 g/mol. The van der Waals surface area contributed by atoms with E-state index in [1.54, 1.807) is 25.7 Å². The monoisotopic (exact) mass is 1370 g/mol. The summed E-state index contributed by atoms with van der Waals surface area (Å²) in [6.45, 7) is 102. The largest absolute Gasteiger partial charge is 0.0651 e. The van der Waals surface area contributed by atoms with E-state index < -0.39 is 0 Å². The summed E-state index contributed by atoms with van der Waals surface area (Å²) in [6, 6.07) is 0. The van der Waals surface area contributed by atoms with E-state index >= 15 is 0 Å². The maximum Gasteiger partial charge on any atom is -0.0257 e. The summed E-state index contributed by atoms with van der Waals surface area (Å²) in [5.74, 6) is 15.2. The van der Waals surface area contributed by atoms with Crippen molar-refractivity contribution in [1.82, 2.24) is 0 Å². The summed E-state index contributed by atoms with van der Waals surface area (Å²) in [7, 11) is 0. The molecule has 7 fully saturated rings. The lowest BCUT2D eigenvalue weighted by Crippen LogP contribution is -2.41. The molecule has 7 aliphatic carbocycles. The highest BCUT2D eigenvalue weighted by Gasteiger charge is 2.42. The Morgan fingerprint density at radius 2 is 0.691 bits per heavy atom. The minimum atomic E-state index is 0.375. The van der Waals surface area contributed by atoms with Crippen LogP contribution >= 0.6 is 0 Å². The number of fused-ring (bicyclic) bond motifs is 2. The second-order valence-electron chi connectivity index (χ2n) is 45.5. The van der Waals surface area contributed by atoms with Crippen LogP contribution in [-0.2, 0) is 0 Å². The summed E-state index contributed by atoms with van der Waals surface area (Å²) in [5, 5.41) is 0. The molecule has 8 atom stereocenters. The Balaban J connectivity index is -0.000000491. The molecule has 0 aromatic rings. The van der Waals surface area contributed by atoms with Crippen molar-refractivity contribution in [3.05, 3.63) is 0 Å². The lowest BCUT2D eigenvalue weighted by Gasteiger charge is -2.49. The molecule has 0 nitrogen and oxygen atoms in total.